The Hall–Kier alpha value is -1.65. The van der Waals surface area contributed by atoms with Crippen LogP contribution in [0, 0.1) is 11.8 Å². The van der Waals surface area contributed by atoms with Crippen molar-refractivity contribution in [3.8, 4) is 0 Å². The lowest BCUT2D eigenvalue weighted by Crippen LogP contribution is -1.99. The fourth-order valence-corrected chi connectivity index (χ4v) is 0.828. The molecular formula is C9H10F2N2O. The first kappa shape index (κ1) is 10.4. The van der Waals surface area contributed by atoms with Crippen LogP contribution in [-0.4, -0.2) is 11.6 Å². The van der Waals surface area contributed by atoms with E-state index in [0.717, 1.165) is 6.07 Å². The number of ether oxygens (including phenoxy) is 1. The van der Waals surface area contributed by atoms with Crippen molar-refractivity contribution in [3.05, 3.63) is 29.7 Å². The van der Waals surface area contributed by atoms with Crippen LogP contribution in [0.25, 0.3) is 6.08 Å². The Labute approximate surface area is 80.2 Å². The maximum absolute atomic E-state index is 13.0. The molecule has 1 heterocycles. The van der Waals surface area contributed by atoms with Crippen LogP contribution in [0.5, 0.6) is 0 Å². The van der Waals surface area contributed by atoms with E-state index in [1.165, 1.54) is 12.3 Å². The number of hydrogen-bond donors (Lipinski definition) is 1. The van der Waals surface area contributed by atoms with Gasteiger partial charge in [-0.2, -0.15) is 9.37 Å². The van der Waals surface area contributed by atoms with Crippen LogP contribution < -0.4 is 5.73 Å². The summed E-state index contributed by atoms with van der Waals surface area (Å²) in [6.45, 7) is 2.24. The molecule has 76 valence electrons. The molecule has 14 heavy (non-hydrogen) atoms. The molecule has 0 spiro atoms. The van der Waals surface area contributed by atoms with Crippen LogP contribution in [0.4, 0.5) is 14.6 Å². The number of hydrogen-bond acceptors (Lipinski definition) is 3. The Morgan fingerprint density at radius 1 is 1.57 bits per heavy atom. The van der Waals surface area contributed by atoms with Crippen molar-refractivity contribution in [2.75, 3.05) is 12.3 Å². The van der Waals surface area contributed by atoms with Crippen molar-refractivity contribution in [2.45, 2.75) is 6.92 Å². The molecule has 0 radical (unpaired) electrons. The van der Waals surface area contributed by atoms with Crippen LogP contribution in [0.3, 0.4) is 0 Å². The number of rotatable bonds is 3. The van der Waals surface area contributed by atoms with Crippen molar-refractivity contribution in [1.82, 2.24) is 4.98 Å². The molecule has 0 saturated heterocycles. The predicted molar refractivity (Wildman–Crippen MR) is 49.2 cm³/mol. The zero-order valence-electron chi connectivity index (χ0n) is 7.63. The molecule has 0 bridgehead atoms. The van der Waals surface area contributed by atoms with Gasteiger partial charge in [0.05, 0.1) is 12.9 Å². The minimum Gasteiger partial charge on any atom is -0.501 e. The van der Waals surface area contributed by atoms with E-state index < -0.39 is 17.6 Å². The molecule has 0 aromatic carbocycles. The summed E-state index contributed by atoms with van der Waals surface area (Å²) in [5, 5.41) is 0. The average Bonchev–Trinajstić information content (AvgIpc) is 2.14. The van der Waals surface area contributed by atoms with Gasteiger partial charge >= 0.3 is 0 Å². The van der Waals surface area contributed by atoms with E-state index >= 15 is 0 Å². The minimum absolute atomic E-state index is 0.00477. The normalized spacial score (nSPS) is 10.8. The van der Waals surface area contributed by atoms with Gasteiger partial charge in [0.25, 0.3) is 0 Å². The van der Waals surface area contributed by atoms with Crippen molar-refractivity contribution < 1.29 is 13.5 Å². The van der Waals surface area contributed by atoms with Crippen LogP contribution in [0.2, 0.25) is 0 Å². The lowest BCUT2D eigenvalue weighted by atomic mass is 10.2. The largest absolute Gasteiger partial charge is 0.501 e. The van der Waals surface area contributed by atoms with Gasteiger partial charge in [-0.25, -0.2) is 4.39 Å². The molecule has 0 aliphatic heterocycles. The van der Waals surface area contributed by atoms with E-state index in [0.29, 0.717) is 6.61 Å². The second-order valence-corrected chi connectivity index (χ2v) is 2.49. The van der Waals surface area contributed by atoms with Crippen LogP contribution >= 0.6 is 0 Å². The van der Waals surface area contributed by atoms with E-state index in [1.807, 2.05) is 0 Å². The standard InChI is InChI=1S/C9H10F2N2O/c1-2-14-4-3-6-5-7(10)9(12)13-8(6)11/h3-5H,2H2,1H3,(H2,12,13)/b4-3+. The second-order valence-electron chi connectivity index (χ2n) is 2.49. The number of nitrogens with two attached hydrogens (primary N) is 1. The Morgan fingerprint density at radius 3 is 2.93 bits per heavy atom. The first-order chi connectivity index (χ1) is 6.65. The molecule has 5 heteroatoms. The van der Waals surface area contributed by atoms with Crippen molar-refractivity contribution in [2.24, 2.45) is 0 Å². The van der Waals surface area contributed by atoms with Crippen LogP contribution in [-0.2, 0) is 4.74 Å². The van der Waals surface area contributed by atoms with E-state index in [2.05, 4.69) is 4.98 Å². The smallest absolute Gasteiger partial charge is 0.222 e. The summed E-state index contributed by atoms with van der Waals surface area (Å²) in [4.78, 5) is 3.18. The maximum Gasteiger partial charge on any atom is 0.222 e. The number of nitrogen functional groups attached to an aromatic ring is 1. The summed E-state index contributed by atoms with van der Waals surface area (Å²) in [6, 6.07) is 0.965. The maximum atomic E-state index is 13.0. The molecule has 3 nitrogen and oxygen atoms in total. The van der Waals surface area contributed by atoms with Gasteiger partial charge in [-0.05, 0) is 19.1 Å². The quantitative estimate of drug-likeness (QED) is 0.599. The molecule has 1 aromatic rings. The molecule has 2 N–H and O–H groups in total. The molecule has 0 unspecified atom stereocenters. The number of halogens is 2. The fraction of sp³-hybridized carbons (Fsp3) is 0.222. The molecule has 0 saturated carbocycles. The minimum atomic E-state index is -0.820. The first-order valence-corrected chi connectivity index (χ1v) is 4.04. The highest BCUT2D eigenvalue weighted by atomic mass is 19.1. The highest BCUT2D eigenvalue weighted by molar-refractivity contribution is 5.50. The second kappa shape index (κ2) is 4.55. The Kier molecular flexibility index (Phi) is 3.39. The topological polar surface area (TPSA) is 48.1 Å². The van der Waals surface area contributed by atoms with Gasteiger partial charge in [0.1, 0.15) is 0 Å². The van der Waals surface area contributed by atoms with E-state index in [9.17, 15) is 8.78 Å². The summed E-state index contributed by atoms with van der Waals surface area (Å²) in [5.74, 6) is -2.02. The molecule has 0 aliphatic rings. The van der Waals surface area contributed by atoms with Crippen LogP contribution in [0.1, 0.15) is 12.5 Å². The highest BCUT2D eigenvalue weighted by Crippen LogP contribution is 2.13. The van der Waals surface area contributed by atoms with E-state index in [1.54, 1.807) is 6.92 Å². The first-order valence-electron chi connectivity index (χ1n) is 4.04. The summed E-state index contributed by atoms with van der Waals surface area (Å²) >= 11 is 0. The zero-order valence-corrected chi connectivity index (χ0v) is 7.63. The molecule has 0 aliphatic carbocycles. The van der Waals surface area contributed by atoms with Crippen LogP contribution in [0.15, 0.2) is 12.3 Å². The summed E-state index contributed by atoms with van der Waals surface area (Å²) < 4.78 is 30.7. The van der Waals surface area contributed by atoms with Gasteiger partial charge in [-0.1, -0.05) is 0 Å². The third-order valence-corrected chi connectivity index (χ3v) is 1.49. The molecule has 0 fully saturated rings. The number of anilines is 1. The van der Waals surface area contributed by atoms with Crippen molar-refractivity contribution in [3.63, 3.8) is 0 Å². The van der Waals surface area contributed by atoms with Crippen molar-refractivity contribution >= 4 is 11.9 Å². The molecule has 0 atom stereocenters. The number of pyridine rings is 1. The third-order valence-electron chi connectivity index (χ3n) is 1.49. The van der Waals surface area contributed by atoms with E-state index in [-0.39, 0.29) is 5.56 Å². The summed E-state index contributed by atoms with van der Waals surface area (Å²) in [5.41, 5.74) is 5.07. The molecular weight excluding hydrogens is 190 g/mol. The highest BCUT2D eigenvalue weighted by Gasteiger charge is 2.06. The van der Waals surface area contributed by atoms with Gasteiger partial charge in [-0.3, -0.25) is 0 Å². The van der Waals surface area contributed by atoms with Gasteiger partial charge in [0.2, 0.25) is 5.95 Å². The van der Waals surface area contributed by atoms with Gasteiger partial charge in [0, 0.05) is 5.56 Å². The molecule has 0 amide bonds. The number of aromatic nitrogens is 1. The number of nitrogens with zero attached hydrogens (tertiary/aromatic N) is 1. The fourth-order valence-electron chi connectivity index (χ4n) is 0.828. The molecule has 1 aromatic heterocycles. The molecule has 1 rings (SSSR count). The third kappa shape index (κ3) is 2.42. The summed E-state index contributed by atoms with van der Waals surface area (Å²) in [7, 11) is 0. The Morgan fingerprint density at radius 2 is 2.29 bits per heavy atom. The van der Waals surface area contributed by atoms with Gasteiger partial charge < -0.3 is 10.5 Å². The van der Waals surface area contributed by atoms with Gasteiger partial charge in [0.15, 0.2) is 11.6 Å². The Bertz CT molecular complexity index is 353. The van der Waals surface area contributed by atoms with Gasteiger partial charge in [-0.15, -0.1) is 0 Å². The SMILES string of the molecule is CCO/C=C/c1cc(F)c(N)nc1F. The van der Waals surface area contributed by atoms with E-state index in [4.69, 9.17) is 10.5 Å². The predicted octanol–water partition coefficient (Wildman–Crippen LogP) is 1.95. The monoisotopic (exact) mass is 200 g/mol. The lowest BCUT2D eigenvalue weighted by Gasteiger charge is -1.99. The average molecular weight is 200 g/mol. The zero-order chi connectivity index (χ0) is 10.6. The lowest BCUT2D eigenvalue weighted by molar-refractivity contribution is 0.272. The Balaban J connectivity index is 2.92. The summed E-state index contributed by atoms with van der Waals surface area (Å²) in [6.07, 6.45) is 2.56. The van der Waals surface area contributed by atoms with Crippen molar-refractivity contribution in [1.29, 1.82) is 0 Å².